The molecule has 3 nitrogen and oxygen atoms in total. The minimum atomic E-state index is -1.13. The van der Waals surface area contributed by atoms with Crippen LogP contribution in [0.4, 0.5) is 0 Å². The van der Waals surface area contributed by atoms with Gasteiger partial charge in [0.25, 0.3) is 0 Å². The molecule has 0 rings (SSSR count). The molecule has 66 valence electrons. The zero-order valence-electron chi connectivity index (χ0n) is 7.03. The van der Waals surface area contributed by atoms with Gasteiger partial charge < -0.3 is 14.4 Å². The molecule has 11 heavy (non-hydrogen) atoms. The lowest BCUT2D eigenvalue weighted by atomic mass is 10.4. The van der Waals surface area contributed by atoms with Crippen molar-refractivity contribution >= 4 is 18.4 Å². The van der Waals surface area contributed by atoms with Gasteiger partial charge in [0.15, 0.2) is 0 Å². The van der Waals surface area contributed by atoms with Gasteiger partial charge in [0, 0.05) is 0 Å². The van der Waals surface area contributed by atoms with Crippen molar-refractivity contribution in [2.75, 3.05) is 27.7 Å². The first-order valence-electron chi connectivity index (χ1n) is 3.10. The summed E-state index contributed by atoms with van der Waals surface area (Å²) in [6, 6.07) is 0. The average Bonchev–Trinajstić information content (AvgIpc) is 1.59. The third kappa shape index (κ3) is 12.6. The van der Waals surface area contributed by atoms with Crippen LogP contribution in [0.3, 0.4) is 0 Å². The Kier molecular flexibility index (Phi) is 6.13. The van der Waals surface area contributed by atoms with Gasteiger partial charge in [0.05, 0.1) is 33.7 Å². The Morgan fingerprint density at radius 1 is 1.45 bits per heavy atom. The summed E-state index contributed by atoms with van der Waals surface area (Å²) in [5.74, 6) is -1.13. The van der Waals surface area contributed by atoms with Crippen molar-refractivity contribution < 1.29 is 14.4 Å². The van der Waals surface area contributed by atoms with Crippen molar-refractivity contribution in [2.45, 2.75) is 0 Å². The lowest BCUT2D eigenvalue weighted by Crippen LogP contribution is -2.34. The predicted octanol–water partition coefficient (Wildman–Crippen LogP) is -0.579. The summed E-state index contributed by atoms with van der Waals surface area (Å²) in [5, 5.41) is 9.88. The van der Waals surface area contributed by atoms with Crippen LogP contribution in [0.5, 0.6) is 0 Å². The number of rotatable bonds is 3. The number of carboxylic acids is 1. The van der Waals surface area contributed by atoms with E-state index in [4.69, 9.17) is 0 Å². The van der Waals surface area contributed by atoms with E-state index in [1.807, 2.05) is 21.1 Å². The minimum Gasteiger partial charge on any atom is -0.545 e. The van der Waals surface area contributed by atoms with Crippen molar-refractivity contribution in [1.82, 2.24) is 0 Å². The fourth-order valence-corrected chi connectivity index (χ4v) is 0.465. The van der Waals surface area contributed by atoms with Gasteiger partial charge in [-0.3, -0.25) is 0 Å². The molecular weight excluding hydrogens is 166 g/mol. The monoisotopic (exact) mass is 179 g/mol. The molecule has 0 amide bonds. The molecule has 0 atom stereocenters. The zero-order valence-corrected chi connectivity index (χ0v) is 7.85. The molecule has 0 aromatic carbocycles. The van der Waals surface area contributed by atoms with E-state index in [2.05, 4.69) is 0 Å². The normalized spacial score (nSPS) is 11.2. The van der Waals surface area contributed by atoms with Gasteiger partial charge in [-0.15, -0.1) is 12.4 Å². The summed E-state index contributed by atoms with van der Waals surface area (Å²) in [6.45, 7) is 0.702. The number of hydrogen-bond acceptors (Lipinski definition) is 2. The number of quaternary nitrogens is 1. The molecule has 0 spiro atoms. The molecule has 0 bridgehead atoms. The van der Waals surface area contributed by atoms with Crippen molar-refractivity contribution in [3.05, 3.63) is 12.2 Å². The number of halogens is 1. The number of carboxylic acid groups (broad SMARTS) is 1. The third-order valence-corrected chi connectivity index (χ3v) is 0.907. The van der Waals surface area contributed by atoms with Crippen LogP contribution in [0.25, 0.3) is 0 Å². The van der Waals surface area contributed by atoms with E-state index < -0.39 is 5.97 Å². The Balaban J connectivity index is 0. The van der Waals surface area contributed by atoms with Gasteiger partial charge in [-0.1, -0.05) is 0 Å². The molecule has 0 N–H and O–H groups in total. The third-order valence-electron chi connectivity index (χ3n) is 0.907. The molecule has 0 saturated carbocycles. The lowest BCUT2D eigenvalue weighted by molar-refractivity contribution is -0.864. The van der Waals surface area contributed by atoms with E-state index in [0.717, 1.165) is 10.6 Å². The number of carbonyl (C=O) groups excluding carboxylic acids is 1. The van der Waals surface area contributed by atoms with Crippen molar-refractivity contribution in [3.63, 3.8) is 0 Å². The number of hydrogen-bond donors (Lipinski definition) is 0. The summed E-state index contributed by atoms with van der Waals surface area (Å²) in [4.78, 5) is 9.88. The highest BCUT2D eigenvalue weighted by atomic mass is 35.5. The van der Waals surface area contributed by atoms with E-state index in [1.165, 1.54) is 0 Å². The van der Waals surface area contributed by atoms with Crippen LogP contribution >= 0.6 is 12.4 Å². The molecule has 0 saturated heterocycles. The first-order chi connectivity index (χ1) is 4.42. The maximum absolute atomic E-state index is 9.88. The molecule has 0 aliphatic heterocycles. The summed E-state index contributed by atoms with van der Waals surface area (Å²) >= 11 is 0. The van der Waals surface area contributed by atoms with Gasteiger partial charge in [0.1, 0.15) is 0 Å². The van der Waals surface area contributed by atoms with E-state index in [9.17, 15) is 9.90 Å². The highest BCUT2D eigenvalue weighted by Gasteiger charge is 2.00. The number of nitrogens with zero attached hydrogens (tertiary/aromatic N) is 1. The first-order valence-corrected chi connectivity index (χ1v) is 3.10. The standard InChI is InChI=1S/C7H13NO2.ClH/c1-8(2,3)6-4-5-7(9)10;/h4-5H,6H2,1-3H3;1H/b5-4+;. The quantitative estimate of drug-likeness (QED) is 0.430. The molecule has 0 aliphatic rings. The maximum atomic E-state index is 9.88. The summed E-state index contributed by atoms with van der Waals surface area (Å²) < 4.78 is 0.726. The minimum absolute atomic E-state index is 0. The van der Waals surface area contributed by atoms with Crippen LogP contribution < -0.4 is 5.11 Å². The van der Waals surface area contributed by atoms with Crippen molar-refractivity contribution in [1.29, 1.82) is 0 Å². The molecule has 0 aromatic rings. The van der Waals surface area contributed by atoms with Crippen molar-refractivity contribution in [2.24, 2.45) is 0 Å². The fourth-order valence-electron chi connectivity index (χ4n) is 0.465. The van der Waals surface area contributed by atoms with E-state index in [1.54, 1.807) is 6.08 Å². The summed E-state index contributed by atoms with van der Waals surface area (Å²) in [7, 11) is 5.96. The Morgan fingerprint density at radius 3 is 2.18 bits per heavy atom. The van der Waals surface area contributed by atoms with Crippen molar-refractivity contribution in [3.8, 4) is 0 Å². The van der Waals surface area contributed by atoms with Gasteiger partial charge in [0.2, 0.25) is 0 Å². The SMILES string of the molecule is C[N+](C)(C)C/C=C/C(=O)[O-].Cl. The summed E-state index contributed by atoms with van der Waals surface area (Å²) in [5.41, 5.74) is 0. The van der Waals surface area contributed by atoms with Gasteiger partial charge in [-0.05, 0) is 12.2 Å². The maximum Gasteiger partial charge on any atom is 0.0971 e. The van der Waals surface area contributed by atoms with E-state index in [0.29, 0.717) is 6.54 Å². The first kappa shape index (κ1) is 13.1. The Hall–Kier alpha value is -0.540. The zero-order chi connectivity index (χ0) is 8.20. The summed E-state index contributed by atoms with van der Waals surface area (Å²) in [6.07, 6.45) is 2.65. The van der Waals surface area contributed by atoms with Crippen LogP contribution in [-0.2, 0) is 4.79 Å². The molecule has 0 fully saturated rings. The molecule has 0 heterocycles. The van der Waals surface area contributed by atoms with Gasteiger partial charge in [-0.25, -0.2) is 0 Å². The lowest BCUT2D eigenvalue weighted by Gasteiger charge is -2.21. The highest BCUT2D eigenvalue weighted by Crippen LogP contribution is 1.88. The van der Waals surface area contributed by atoms with Crippen LogP contribution in [0.1, 0.15) is 0 Å². The van der Waals surface area contributed by atoms with Gasteiger partial charge >= 0.3 is 0 Å². The second-order valence-corrected chi connectivity index (χ2v) is 3.19. The van der Waals surface area contributed by atoms with Crippen LogP contribution in [0, 0.1) is 0 Å². The molecule has 0 radical (unpaired) electrons. The smallest absolute Gasteiger partial charge is 0.0971 e. The van der Waals surface area contributed by atoms with E-state index >= 15 is 0 Å². The molecule has 0 aliphatic carbocycles. The predicted molar refractivity (Wildman–Crippen MR) is 44.3 cm³/mol. The topological polar surface area (TPSA) is 40.1 Å². The number of aliphatic carboxylic acids is 1. The second-order valence-electron chi connectivity index (χ2n) is 3.19. The number of likely N-dealkylation sites (N-methyl/N-ethyl adjacent to an activating group) is 1. The van der Waals surface area contributed by atoms with Crippen LogP contribution in [-0.4, -0.2) is 38.1 Å². The highest BCUT2D eigenvalue weighted by molar-refractivity contribution is 5.85. The van der Waals surface area contributed by atoms with E-state index in [-0.39, 0.29) is 12.4 Å². The fraction of sp³-hybridized carbons (Fsp3) is 0.571. The molecule has 4 heteroatoms. The van der Waals surface area contributed by atoms with Crippen LogP contribution in [0.15, 0.2) is 12.2 Å². The molecule has 0 aromatic heterocycles. The molecule has 0 unspecified atom stereocenters. The Morgan fingerprint density at radius 2 is 1.91 bits per heavy atom. The Bertz CT molecular complexity index is 149. The number of carbonyl (C=O) groups is 1. The largest absolute Gasteiger partial charge is 0.545 e. The second kappa shape index (κ2) is 5.16. The van der Waals surface area contributed by atoms with Gasteiger partial charge in [-0.2, -0.15) is 0 Å². The average molecular weight is 180 g/mol. The molecular formula is C7H14ClNO2. The van der Waals surface area contributed by atoms with Crippen LogP contribution in [0.2, 0.25) is 0 Å². The Labute approximate surface area is 73.3 Å².